The summed E-state index contributed by atoms with van der Waals surface area (Å²) in [4.78, 5) is 10.8. The number of carbonyl (C=O) groups is 1. The number of hydrogen-bond donors (Lipinski definition) is 1. The van der Waals surface area contributed by atoms with E-state index in [0.717, 1.165) is 12.5 Å². The first-order valence-corrected chi connectivity index (χ1v) is 6.22. The highest BCUT2D eigenvalue weighted by Crippen LogP contribution is 2.37. The summed E-state index contributed by atoms with van der Waals surface area (Å²) in [5.74, 6) is 1.07. The summed E-state index contributed by atoms with van der Waals surface area (Å²) in [7, 11) is 0. The predicted octanol–water partition coefficient (Wildman–Crippen LogP) is 2.77. The van der Waals surface area contributed by atoms with Gasteiger partial charge in [-0.05, 0) is 31.1 Å². The van der Waals surface area contributed by atoms with Crippen LogP contribution in [0.25, 0.3) is 0 Å². The minimum Gasteiger partial charge on any atom is -0.309 e. The van der Waals surface area contributed by atoms with Crippen molar-refractivity contribution in [2.75, 3.05) is 13.1 Å². The Labute approximate surface area is 93.8 Å². The van der Waals surface area contributed by atoms with Gasteiger partial charge >= 0.3 is 0 Å². The minimum atomic E-state index is 0.231. The van der Waals surface area contributed by atoms with Crippen LogP contribution in [0.2, 0.25) is 0 Å². The Balaban J connectivity index is 2.32. The number of carbonyl (C=O) groups excluding carboxylic acids is 1. The van der Waals surface area contributed by atoms with E-state index >= 15 is 0 Å². The van der Waals surface area contributed by atoms with Gasteiger partial charge in [-0.25, -0.2) is 0 Å². The van der Waals surface area contributed by atoms with Crippen molar-refractivity contribution in [3.63, 3.8) is 0 Å². The van der Waals surface area contributed by atoms with Crippen LogP contribution in [0.1, 0.15) is 52.9 Å². The van der Waals surface area contributed by atoms with E-state index in [9.17, 15) is 4.79 Å². The Hall–Kier alpha value is -0.370. The highest BCUT2D eigenvalue weighted by Gasteiger charge is 2.29. The van der Waals surface area contributed by atoms with Gasteiger partial charge in [-0.3, -0.25) is 4.79 Å². The first-order chi connectivity index (χ1) is 7.02. The average Bonchev–Trinajstić information content (AvgIpc) is 2.18. The Morgan fingerprint density at radius 3 is 2.40 bits per heavy atom. The lowest BCUT2D eigenvalue weighted by Gasteiger charge is -2.37. The largest absolute Gasteiger partial charge is 0.309 e. The van der Waals surface area contributed by atoms with Crippen molar-refractivity contribution in [1.82, 2.24) is 5.32 Å². The van der Waals surface area contributed by atoms with Gasteiger partial charge in [0.15, 0.2) is 0 Å². The van der Waals surface area contributed by atoms with Crippen molar-refractivity contribution < 1.29 is 4.79 Å². The molecule has 0 aromatic carbocycles. The summed E-state index contributed by atoms with van der Waals surface area (Å²) in [5, 5.41) is 3.27. The normalized spacial score (nSPS) is 19.1. The first kappa shape index (κ1) is 12.7. The SMILES string of the molecule is CC(=O)CNCC(C)(C)C1CCCCC1. The van der Waals surface area contributed by atoms with Crippen molar-refractivity contribution in [3.05, 3.63) is 0 Å². The molecule has 1 N–H and O–H groups in total. The average molecular weight is 211 g/mol. The van der Waals surface area contributed by atoms with E-state index in [2.05, 4.69) is 19.2 Å². The van der Waals surface area contributed by atoms with Crippen molar-refractivity contribution in [2.24, 2.45) is 11.3 Å². The van der Waals surface area contributed by atoms with E-state index in [1.807, 2.05) is 0 Å². The highest BCUT2D eigenvalue weighted by atomic mass is 16.1. The van der Waals surface area contributed by atoms with Crippen LogP contribution in [0, 0.1) is 11.3 Å². The molecule has 0 atom stereocenters. The quantitative estimate of drug-likeness (QED) is 0.757. The van der Waals surface area contributed by atoms with Gasteiger partial charge in [0.25, 0.3) is 0 Å². The van der Waals surface area contributed by atoms with E-state index in [0.29, 0.717) is 12.0 Å². The molecule has 0 unspecified atom stereocenters. The lowest BCUT2D eigenvalue weighted by Crippen LogP contribution is -2.38. The predicted molar refractivity (Wildman–Crippen MR) is 63.9 cm³/mol. The fourth-order valence-corrected chi connectivity index (χ4v) is 2.59. The molecule has 0 saturated heterocycles. The van der Waals surface area contributed by atoms with E-state index in [1.165, 1.54) is 32.1 Å². The molecule has 2 nitrogen and oxygen atoms in total. The molecule has 2 heteroatoms. The van der Waals surface area contributed by atoms with Gasteiger partial charge in [0.05, 0.1) is 6.54 Å². The molecule has 1 aliphatic rings. The van der Waals surface area contributed by atoms with E-state index in [-0.39, 0.29) is 5.78 Å². The standard InChI is InChI=1S/C13H25NO/c1-11(15)9-14-10-13(2,3)12-7-5-4-6-8-12/h12,14H,4-10H2,1-3H3. The molecule has 0 radical (unpaired) electrons. The van der Waals surface area contributed by atoms with Crippen LogP contribution in [-0.2, 0) is 4.79 Å². The molecule has 0 spiro atoms. The topological polar surface area (TPSA) is 29.1 Å². The van der Waals surface area contributed by atoms with Gasteiger partial charge in [0, 0.05) is 6.54 Å². The second-order valence-corrected chi connectivity index (χ2v) is 5.63. The minimum absolute atomic E-state index is 0.231. The fraction of sp³-hybridized carbons (Fsp3) is 0.923. The van der Waals surface area contributed by atoms with E-state index < -0.39 is 0 Å². The summed E-state index contributed by atoms with van der Waals surface area (Å²) < 4.78 is 0. The van der Waals surface area contributed by atoms with E-state index in [4.69, 9.17) is 0 Å². The molecule has 0 amide bonds. The van der Waals surface area contributed by atoms with Gasteiger partial charge in [-0.15, -0.1) is 0 Å². The zero-order valence-electron chi connectivity index (χ0n) is 10.4. The summed E-state index contributed by atoms with van der Waals surface area (Å²) in [6.45, 7) is 7.79. The Morgan fingerprint density at radius 1 is 1.27 bits per heavy atom. The first-order valence-electron chi connectivity index (χ1n) is 6.22. The molecule has 0 aliphatic heterocycles. The Bertz CT molecular complexity index is 205. The Morgan fingerprint density at radius 2 is 1.87 bits per heavy atom. The molecule has 1 saturated carbocycles. The van der Waals surface area contributed by atoms with Gasteiger partial charge in [0.1, 0.15) is 5.78 Å². The number of rotatable bonds is 5. The number of Topliss-reactive ketones (excluding diaryl/α,β-unsaturated/α-hetero) is 1. The molecular formula is C13H25NO. The lowest BCUT2D eigenvalue weighted by molar-refractivity contribution is -0.116. The third-order valence-electron chi connectivity index (χ3n) is 3.66. The number of hydrogen-bond acceptors (Lipinski definition) is 2. The van der Waals surface area contributed by atoms with Gasteiger partial charge < -0.3 is 5.32 Å². The lowest BCUT2D eigenvalue weighted by atomic mass is 9.71. The maximum absolute atomic E-state index is 10.8. The van der Waals surface area contributed by atoms with E-state index in [1.54, 1.807) is 6.92 Å². The van der Waals surface area contributed by atoms with Crippen molar-refractivity contribution in [3.8, 4) is 0 Å². The van der Waals surface area contributed by atoms with Gasteiger partial charge in [-0.1, -0.05) is 33.1 Å². The number of nitrogens with one attached hydrogen (secondary N) is 1. The smallest absolute Gasteiger partial charge is 0.143 e. The molecule has 0 aromatic heterocycles. The molecular weight excluding hydrogens is 186 g/mol. The molecule has 1 fully saturated rings. The van der Waals surface area contributed by atoms with Crippen molar-refractivity contribution in [1.29, 1.82) is 0 Å². The van der Waals surface area contributed by atoms with Crippen LogP contribution >= 0.6 is 0 Å². The summed E-state index contributed by atoms with van der Waals surface area (Å²) in [6.07, 6.45) is 6.93. The van der Waals surface area contributed by atoms with Crippen LogP contribution in [0.4, 0.5) is 0 Å². The van der Waals surface area contributed by atoms with Crippen molar-refractivity contribution in [2.45, 2.75) is 52.9 Å². The molecule has 0 heterocycles. The molecule has 15 heavy (non-hydrogen) atoms. The molecule has 1 aliphatic carbocycles. The van der Waals surface area contributed by atoms with Crippen LogP contribution in [0.3, 0.4) is 0 Å². The van der Waals surface area contributed by atoms with Crippen LogP contribution in [-0.4, -0.2) is 18.9 Å². The summed E-state index contributed by atoms with van der Waals surface area (Å²) in [5.41, 5.74) is 0.343. The summed E-state index contributed by atoms with van der Waals surface area (Å²) in [6, 6.07) is 0. The van der Waals surface area contributed by atoms with Crippen LogP contribution in [0.5, 0.6) is 0 Å². The molecule has 0 bridgehead atoms. The van der Waals surface area contributed by atoms with Crippen molar-refractivity contribution >= 4 is 5.78 Å². The monoisotopic (exact) mass is 211 g/mol. The number of ketones is 1. The summed E-state index contributed by atoms with van der Waals surface area (Å²) >= 11 is 0. The van der Waals surface area contributed by atoms with Gasteiger partial charge in [0.2, 0.25) is 0 Å². The maximum Gasteiger partial charge on any atom is 0.143 e. The molecule has 1 rings (SSSR count). The van der Waals surface area contributed by atoms with Crippen LogP contribution in [0.15, 0.2) is 0 Å². The second-order valence-electron chi connectivity index (χ2n) is 5.63. The fourth-order valence-electron chi connectivity index (χ4n) is 2.59. The maximum atomic E-state index is 10.8. The zero-order chi connectivity index (χ0) is 11.3. The third kappa shape index (κ3) is 4.33. The Kier molecular flexibility index (Phi) is 4.78. The van der Waals surface area contributed by atoms with Gasteiger partial charge in [-0.2, -0.15) is 0 Å². The van der Waals surface area contributed by atoms with Crippen LogP contribution < -0.4 is 5.32 Å². The zero-order valence-corrected chi connectivity index (χ0v) is 10.4. The molecule has 88 valence electrons. The third-order valence-corrected chi connectivity index (χ3v) is 3.66. The molecule has 0 aromatic rings. The second kappa shape index (κ2) is 5.64. The highest BCUT2D eigenvalue weighted by molar-refractivity contribution is 5.77.